The van der Waals surface area contributed by atoms with Gasteiger partial charge >= 0.3 is 5.97 Å². The molecule has 1 aromatic carbocycles. The van der Waals surface area contributed by atoms with Crippen molar-refractivity contribution in [3.05, 3.63) is 35.2 Å². The van der Waals surface area contributed by atoms with Crippen molar-refractivity contribution in [2.45, 2.75) is 32.6 Å². The zero-order chi connectivity index (χ0) is 18.4. The molecule has 0 aliphatic heterocycles. The molecule has 0 amide bonds. The Morgan fingerprint density at radius 1 is 1.28 bits per heavy atom. The molecule has 2 rings (SSSR count). The lowest BCUT2D eigenvalue weighted by Crippen LogP contribution is -2.25. The lowest BCUT2D eigenvalue weighted by atomic mass is 9.88. The largest absolute Gasteiger partial charge is 0.481 e. The Hall–Kier alpha value is -1.95. The van der Waals surface area contributed by atoms with Gasteiger partial charge in [-0.25, -0.2) is 0 Å². The van der Waals surface area contributed by atoms with E-state index in [4.69, 9.17) is 5.11 Å². The van der Waals surface area contributed by atoms with E-state index in [-0.39, 0.29) is 5.75 Å². The number of nitrogens with zero attached hydrogens (tertiary/aromatic N) is 3. The molecule has 0 spiro atoms. The highest BCUT2D eigenvalue weighted by molar-refractivity contribution is 8.00. The summed E-state index contributed by atoms with van der Waals surface area (Å²) < 4.78 is 0. The number of carbonyl (C=O) groups is 1. The first kappa shape index (κ1) is 19.4. The normalized spacial score (nSPS) is 14.0. The molecular formula is C19H27N3O2S. The van der Waals surface area contributed by atoms with Crippen molar-refractivity contribution in [2.75, 3.05) is 35.5 Å². The van der Waals surface area contributed by atoms with E-state index in [1.807, 2.05) is 6.92 Å². The van der Waals surface area contributed by atoms with Gasteiger partial charge in [-0.2, -0.15) is 0 Å². The van der Waals surface area contributed by atoms with Crippen LogP contribution in [0.4, 0.5) is 11.4 Å². The first-order chi connectivity index (χ1) is 12.0. The van der Waals surface area contributed by atoms with Gasteiger partial charge in [-0.1, -0.05) is 0 Å². The molecular weight excluding hydrogens is 334 g/mol. The Morgan fingerprint density at radius 3 is 2.44 bits per heavy atom. The molecule has 1 N–H and O–H groups in total. The molecule has 0 atom stereocenters. The van der Waals surface area contributed by atoms with Crippen LogP contribution in [0.2, 0.25) is 0 Å². The maximum atomic E-state index is 10.9. The predicted molar refractivity (Wildman–Crippen MR) is 108 cm³/mol. The van der Waals surface area contributed by atoms with Gasteiger partial charge in [0.15, 0.2) is 0 Å². The third kappa shape index (κ3) is 4.78. The fourth-order valence-electron chi connectivity index (χ4n) is 3.29. The van der Waals surface area contributed by atoms with Gasteiger partial charge < -0.3 is 14.9 Å². The third-order valence-electron chi connectivity index (χ3n) is 4.41. The SMILES string of the molecule is C=N/C=C(/C)N(CSCC(=O)O)c1ccc(N(C)C)c2c1CCCC2. The lowest BCUT2D eigenvalue weighted by molar-refractivity contribution is -0.133. The van der Waals surface area contributed by atoms with Gasteiger partial charge in [-0.05, 0) is 62.6 Å². The maximum Gasteiger partial charge on any atom is 0.313 e. The van der Waals surface area contributed by atoms with Gasteiger partial charge in [0.25, 0.3) is 0 Å². The number of carboxylic acid groups (broad SMARTS) is 1. The number of anilines is 2. The molecule has 0 saturated carbocycles. The number of rotatable bonds is 8. The number of thioether (sulfide) groups is 1. The van der Waals surface area contributed by atoms with Crippen molar-refractivity contribution in [3.8, 4) is 0 Å². The standard InChI is InChI=1S/C19H27N3O2S/c1-14(11-20-2)22(13-25-12-19(23)24)18-10-9-17(21(3)4)15-7-5-6-8-16(15)18/h9-11H,2,5-8,12-13H2,1,3-4H3,(H,23,24)/b14-11-. The molecule has 1 aliphatic carbocycles. The first-order valence-corrected chi connectivity index (χ1v) is 9.63. The van der Waals surface area contributed by atoms with Crippen LogP contribution in [0, 0.1) is 0 Å². The van der Waals surface area contributed by atoms with Crippen molar-refractivity contribution in [1.29, 1.82) is 0 Å². The summed E-state index contributed by atoms with van der Waals surface area (Å²) in [5.41, 5.74) is 6.21. The topological polar surface area (TPSA) is 56.1 Å². The number of allylic oxidation sites excluding steroid dienone is 1. The van der Waals surface area contributed by atoms with Crippen molar-refractivity contribution < 1.29 is 9.90 Å². The second kappa shape index (κ2) is 8.94. The molecule has 1 aliphatic rings. The number of benzene rings is 1. The smallest absolute Gasteiger partial charge is 0.313 e. The summed E-state index contributed by atoms with van der Waals surface area (Å²) in [6.45, 7) is 5.54. The molecule has 5 nitrogen and oxygen atoms in total. The second-order valence-electron chi connectivity index (χ2n) is 6.41. The van der Waals surface area contributed by atoms with Crippen LogP contribution in [0.5, 0.6) is 0 Å². The van der Waals surface area contributed by atoms with E-state index < -0.39 is 5.97 Å². The molecule has 6 heteroatoms. The second-order valence-corrected chi connectivity index (χ2v) is 7.37. The van der Waals surface area contributed by atoms with Crippen LogP contribution >= 0.6 is 11.8 Å². The minimum atomic E-state index is -0.793. The van der Waals surface area contributed by atoms with E-state index in [9.17, 15) is 4.79 Å². The highest BCUT2D eigenvalue weighted by Gasteiger charge is 2.22. The monoisotopic (exact) mass is 361 g/mol. The molecule has 1 aromatic rings. The van der Waals surface area contributed by atoms with Crippen LogP contribution in [-0.2, 0) is 17.6 Å². The summed E-state index contributed by atoms with van der Waals surface area (Å²) in [7, 11) is 4.16. The van der Waals surface area contributed by atoms with E-state index in [2.05, 4.69) is 47.7 Å². The van der Waals surface area contributed by atoms with Crippen molar-refractivity contribution in [3.63, 3.8) is 0 Å². The molecule has 136 valence electrons. The van der Waals surface area contributed by atoms with Crippen LogP contribution in [-0.4, -0.2) is 43.5 Å². The molecule has 0 radical (unpaired) electrons. The van der Waals surface area contributed by atoms with Gasteiger partial charge in [0.05, 0.1) is 11.6 Å². The van der Waals surface area contributed by atoms with E-state index in [1.165, 1.54) is 41.4 Å². The number of fused-ring (bicyclic) bond motifs is 1. The number of carboxylic acids is 1. The predicted octanol–water partition coefficient (Wildman–Crippen LogP) is 3.78. The van der Waals surface area contributed by atoms with Crippen LogP contribution in [0.15, 0.2) is 29.0 Å². The van der Waals surface area contributed by atoms with E-state index >= 15 is 0 Å². The summed E-state index contributed by atoms with van der Waals surface area (Å²) in [5, 5.41) is 8.94. The average Bonchev–Trinajstić information content (AvgIpc) is 2.58. The summed E-state index contributed by atoms with van der Waals surface area (Å²) in [5.74, 6) is -0.125. The van der Waals surface area contributed by atoms with Crippen LogP contribution in [0.1, 0.15) is 30.9 Å². The fourth-order valence-corrected chi connectivity index (χ4v) is 4.08. The molecule has 0 aromatic heterocycles. The number of aliphatic imine (C=N–C) groups is 1. The maximum absolute atomic E-state index is 10.9. The van der Waals surface area contributed by atoms with Gasteiger partial charge in [0.2, 0.25) is 0 Å². The Morgan fingerprint density at radius 2 is 1.88 bits per heavy atom. The minimum Gasteiger partial charge on any atom is -0.481 e. The van der Waals surface area contributed by atoms with Gasteiger partial charge in [-0.3, -0.25) is 9.79 Å². The van der Waals surface area contributed by atoms with Crippen molar-refractivity contribution >= 4 is 35.8 Å². The molecule has 0 unspecified atom stereocenters. The Bertz CT molecular complexity index is 671. The first-order valence-electron chi connectivity index (χ1n) is 8.47. The van der Waals surface area contributed by atoms with Crippen LogP contribution in [0.3, 0.4) is 0 Å². The highest BCUT2D eigenvalue weighted by atomic mass is 32.2. The quantitative estimate of drug-likeness (QED) is 0.564. The number of hydrogen-bond donors (Lipinski definition) is 1. The Balaban J connectivity index is 2.43. The summed E-state index contributed by atoms with van der Waals surface area (Å²) in [6.07, 6.45) is 6.29. The van der Waals surface area contributed by atoms with E-state index in [0.717, 1.165) is 24.2 Å². The molecule has 25 heavy (non-hydrogen) atoms. The lowest BCUT2D eigenvalue weighted by Gasteiger charge is -2.32. The number of aliphatic carboxylic acids is 1. The van der Waals surface area contributed by atoms with Crippen molar-refractivity contribution in [2.24, 2.45) is 4.99 Å². The zero-order valence-corrected chi connectivity index (χ0v) is 16.1. The minimum absolute atomic E-state index is 0.0866. The Labute approximate surface area is 154 Å². The van der Waals surface area contributed by atoms with Crippen molar-refractivity contribution in [1.82, 2.24) is 0 Å². The van der Waals surface area contributed by atoms with Crippen LogP contribution in [0.25, 0.3) is 0 Å². The molecule has 0 bridgehead atoms. The van der Waals surface area contributed by atoms with Gasteiger partial charge in [-0.15, -0.1) is 11.8 Å². The summed E-state index contributed by atoms with van der Waals surface area (Å²) in [6, 6.07) is 4.32. The summed E-state index contributed by atoms with van der Waals surface area (Å²) >= 11 is 1.39. The highest BCUT2D eigenvalue weighted by Crippen LogP contribution is 2.38. The Kier molecular flexibility index (Phi) is 6.93. The molecule has 0 fully saturated rings. The zero-order valence-electron chi connectivity index (χ0n) is 15.3. The van der Waals surface area contributed by atoms with E-state index in [1.54, 1.807) is 6.20 Å². The molecule has 0 heterocycles. The fraction of sp³-hybridized carbons (Fsp3) is 0.474. The average molecular weight is 362 g/mol. The summed E-state index contributed by atoms with van der Waals surface area (Å²) in [4.78, 5) is 19.1. The molecule has 0 saturated heterocycles. The van der Waals surface area contributed by atoms with Crippen LogP contribution < -0.4 is 9.80 Å². The van der Waals surface area contributed by atoms with Gasteiger partial charge in [0.1, 0.15) is 0 Å². The van der Waals surface area contributed by atoms with Gasteiger partial charge in [0, 0.05) is 37.4 Å². The van der Waals surface area contributed by atoms with E-state index in [0.29, 0.717) is 5.88 Å². The third-order valence-corrected chi connectivity index (χ3v) is 5.30. The number of hydrogen-bond acceptors (Lipinski definition) is 5.